The number of nitrogens with zero attached hydrogens (tertiary/aromatic N) is 1. The number of ether oxygens (including phenoxy) is 4. The number of rotatable bonds is 62. The molecule has 0 aromatic rings. The molecule has 0 spiro atoms. The van der Waals surface area contributed by atoms with Crippen LogP contribution in [0, 0.1) is 0 Å². The standard InChI is InChI=1S/C80H127NO8/c1-6-8-10-12-14-16-18-20-22-24-26-28-30-32-33-34-35-36-37-38-39-40-41-42-43-44-45-47-49-51-53-55-57-59-61-63-65-67-69-71-78(83)89-76(75-88-80(79(84)85)86-73-72-81(3,4)5)74-87-77(82)70-68-66-64-62-60-58-56-54-52-50-48-46-31-29-27-25-23-21-19-17-15-13-11-9-7-2/h8-11,14-17,20-23,26-29,32-33,35-36,38-39,41-42,44-46,48,52,54,76,80H,6-7,12-13,18-19,24-25,30-31,34,37,40,43,47,49-51,53,55-75H2,1-5H3/p+1/b10-8-,11-9-,16-14-,17-15-,22-20-,23-21-,28-26-,29-27-,33-32-,36-35-,39-38-,42-41-,45-44-,48-46-,54-52-. The molecule has 500 valence electrons. The van der Waals surface area contributed by atoms with Crippen molar-refractivity contribution >= 4 is 17.9 Å². The van der Waals surface area contributed by atoms with Gasteiger partial charge in [0, 0.05) is 12.8 Å². The van der Waals surface area contributed by atoms with Crippen molar-refractivity contribution in [2.24, 2.45) is 0 Å². The first-order valence-electron chi connectivity index (χ1n) is 34.9. The predicted octanol–water partition coefficient (Wildman–Crippen LogP) is 22.0. The van der Waals surface area contributed by atoms with Gasteiger partial charge in [0.15, 0.2) is 6.10 Å². The van der Waals surface area contributed by atoms with E-state index in [1.165, 1.54) is 44.9 Å². The summed E-state index contributed by atoms with van der Waals surface area (Å²) in [7, 11) is 5.96. The Balaban J connectivity index is 4.20. The number of likely N-dealkylation sites (N-methyl/N-ethyl adjacent to an activating group) is 1. The van der Waals surface area contributed by atoms with Gasteiger partial charge >= 0.3 is 17.9 Å². The summed E-state index contributed by atoms with van der Waals surface area (Å²) in [6.45, 7) is 4.61. The average Bonchev–Trinajstić information content (AvgIpc) is 3.64. The van der Waals surface area contributed by atoms with Gasteiger partial charge in [-0.1, -0.05) is 280 Å². The van der Waals surface area contributed by atoms with Gasteiger partial charge in [-0.05, 0) is 135 Å². The Morgan fingerprint density at radius 1 is 0.337 bits per heavy atom. The van der Waals surface area contributed by atoms with Crippen LogP contribution in [-0.2, 0) is 33.3 Å². The monoisotopic (exact) mass is 1230 g/mol. The third-order valence-electron chi connectivity index (χ3n) is 14.2. The van der Waals surface area contributed by atoms with E-state index in [2.05, 4.69) is 196 Å². The number of hydrogen-bond acceptors (Lipinski definition) is 7. The molecule has 0 aliphatic carbocycles. The van der Waals surface area contributed by atoms with Gasteiger partial charge in [0.05, 0.1) is 34.4 Å². The number of unbranched alkanes of at least 4 members (excludes halogenated alkanes) is 17. The quantitative estimate of drug-likeness (QED) is 0.0211. The highest BCUT2D eigenvalue weighted by atomic mass is 16.7. The molecule has 2 unspecified atom stereocenters. The molecular formula is C80H128NO8+. The Hall–Kier alpha value is -5.61. The van der Waals surface area contributed by atoms with Crippen LogP contribution in [0.15, 0.2) is 182 Å². The van der Waals surface area contributed by atoms with Gasteiger partial charge in [0.1, 0.15) is 13.2 Å². The van der Waals surface area contributed by atoms with Crippen molar-refractivity contribution < 1.29 is 42.9 Å². The minimum Gasteiger partial charge on any atom is -0.477 e. The van der Waals surface area contributed by atoms with Crippen molar-refractivity contribution in [2.45, 2.75) is 257 Å². The second kappa shape index (κ2) is 68.3. The molecule has 0 heterocycles. The molecule has 1 N–H and O–H groups in total. The molecule has 9 heteroatoms. The molecule has 0 aromatic carbocycles. The van der Waals surface area contributed by atoms with Gasteiger partial charge in [0.2, 0.25) is 0 Å². The van der Waals surface area contributed by atoms with Crippen LogP contribution in [0.4, 0.5) is 0 Å². The first-order valence-corrected chi connectivity index (χ1v) is 34.9. The van der Waals surface area contributed by atoms with Gasteiger partial charge in [0.25, 0.3) is 6.29 Å². The highest BCUT2D eigenvalue weighted by molar-refractivity contribution is 5.71. The molecule has 0 aromatic heterocycles. The largest absolute Gasteiger partial charge is 0.477 e. The smallest absolute Gasteiger partial charge is 0.361 e. The molecule has 0 radical (unpaired) electrons. The Morgan fingerprint density at radius 3 is 0.899 bits per heavy atom. The minimum absolute atomic E-state index is 0.175. The van der Waals surface area contributed by atoms with Crippen LogP contribution < -0.4 is 0 Å². The van der Waals surface area contributed by atoms with E-state index in [1.54, 1.807) is 0 Å². The first-order chi connectivity index (χ1) is 43.6. The molecule has 0 bridgehead atoms. The number of aliphatic carboxylic acids is 1. The summed E-state index contributed by atoms with van der Waals surface area (Å²) in [6.07, 6.45) is 101. The zero-order valence-corrected chi connectivity index (χ0v) is 57.0. The van der Waals surface area contributed by atoms with E-state index in [0.717, 1.165) is 167 Å². The summed E-state index contributed by atoms with van der Waals surface area (Å²) in [5.74, 6) is -2.05. The number of allylic oxidation sites excluding steroid dienone is 30. The average molecular weight is 1230 g/mol. The van der Waals surface area contributed by atoms with E-state index in [-0.39, 0.29) is 38.6 Å². The van der Waals surface area contributed by atoms with Crippen molar-refractivity contribution in [3.63, 3.8) is 0 Å². The van der Waals surface area contributed by atoms with Gasteiger partial charge in [-0.25, -0.2) is 4.79 Å². The number of carbonyl (C=O) groups is 3. The summed E-state index contributed by atoms with van der Waals surface area (Å²) in [6, 6.07) is 0. The number of hydrogen-bond donors (Lipinski definition) is 1. The molecule has 0 saturated heterocycles. The maximum Gasteiger partial charge on any atom is 0.361 e. The second-order valence-corrected chi connectivity index (χ2v) is 23.7. The molecule has 9 nitrogen and oxygen atoms in total. The van der Waals surface area contributed by atoms with E-state index >= 15 is 0 Å². The summed E-state index contributed by atoms with van der Waals surface area (Å²) < 4.78 is 22.9. The van der Waals surface area contributed by atoms with Crippen LogP contribution in [0.25, 0.3) is 0 Å². The van der Waals surface area contributed by atoms with Crippen LogP contribution in [0.2, 0.25) is 0 Å². The molecule has 0 aliphatic heterocycles. The number of carbonyl (C=O) groups excluding carboxylic acids is 2. The number of carboxylic acids is 1. The predicted molar refractivity (Wildman–Crippen MR) is 382 cm³/mol. The highest BCUT2D eigenvalue weighted by Crippen LogP contribution is 2.15. The number of quaternary nitrogens is 1. The van der Waals surface area contributed by atoms with Gasteiger partial charge in [-0.3, -0.25) is 9.59 Å². The zero-order chi connectivity index (χ0) is 64.7. The van der Waals surface area contributed by atoms with Gasteiger partial charge < -0.3 is 28.5 Å². The van der Waals surface area contributed by atoms with E-state index in [9.17, 15) is 19.5 Å². The van der Waals surface area contributed by atoms with Gasteiger partial charge in [-0.15, -0.1) is 0 Å². The van der Waals surface area contributed by atoms with Crippen LogP contribution in [0.3, 0.4) is 0 Å². The fraction of sp³-hybridized carbons (Fsp3) is 0.588. The Morgan fingerprint density at radius 2 is 0.607 bits per heavy atom. The molecule has 0 saturated carbocycles. The molecule has 0 aliphatic rings. The van der Waals surface area contributed by atoms with Crippen LogP contribution in [-0.4, -0.2) is 87.4 Å². The molecule has 0 fully saturated rings. The van der Waals surface area contributed by atoms with Gasteiger partial charge in [-0.2, -0.15) is 0 Å². The summed E-state index contributed by atoms with van der Waals surface area (Å²) >= 11 is 0. The van der Waals surface area contributed by atoms with Crippen LogP contribution in [0.1, 0.15) is 245 Å². The lowest BCUT2D eigenvalue weighted by Crippen LogP contribution is -2.40. The lowest BCUT2D eigenvalue weighted by Gasteiger charge is -2.25. The third-order valence-corrected chi connectivity index (χ3v) is 14.2. The lowest BCUT2D eigenvalue weighted by atomic mass is 10.0. The van der Waals surface area contributed by atoms with Crippen molar-refractivity contribution in [1.29, 1.82) is 0 Å². The van der Waals surface area contributed by atoms with Crippen molar-refractivity contribution in [3.05, 3.63) is 182 Å². The molecular weight excluding hydrogens is 1100 g/mol. The molecule has 89 heavy (non-hydrogen) atoms. The first kappa shape index (κ1) is 83.4. The third kappa shape index (κ3) is 69.7. The normalized spacial score (nSPS) is 13.9. The summed E-state index contributed by atoms with van der Waals surface area (Å²) in [4.78, 5) is 37.6. The van der Waals surface area contributed by atoms with Crippen molar-refractivity contribution in [3.8, 4) is 0 Å². The lowest BCUT2D eigenvalue weighted by molar-refractivity contribution is -0.870. The Labute approximate surface area is 545 Å². The fourth-order valence-corrected chi connectivity index (χ4v) is 8.89. The molecule has 2 atom stereocenters. The van der Waals surface area contributed by atoms with Crippen LogP contribution >= 0.6 is 0 Å². The van der Waals surface area contributed by atoms with Crippen LogP contribution in [0.5, 0.6) is 0 Å². The van der Waals surface area contributed by atoms with Crippen molar-refractivity contribution in [2.75, 3.05) is 47.5 Å². The Kier molecular flexibility index (Phi) is 64.0. The second-order valence-electron chi connectivity index (χ2n) is 23.7. The van der Waals surface area contributed by atoms with Crippen molar-refractivity contribution in [1.82, 2.24) is 0 Å². The SMILES string of the molecule is CC/C=C\C/C=C\C/C=C\C/C=C\C/C=C\C/C=C\C/C=C\C/C=C\C/C=C\CCCCCCCCCCCCCC(=O)OC(COC(=O)CCCCCCCC/C=C\C/C=C\C/C=C\C/C=C\C/C=C\C/C=C\CC)COC(OCC[N+](C)(C)C)C(=O)O. The molecule has 0 rings (SSSR count). The zero-order valence-electron chi connectivity index (χ0n) is 57.0. The minimum atomic E-state index is -1.53. The Bertz CT molecular complexity index is 2120. The molecule has 0 amide bonds. The number of carboxylic acid groups (broad SMARTS) is 1. The van der Waals surface area contributed by atoms with E-state index < -0.39 is 24.3 Å². The summed E-state index contributed by atoms with van der Waals surface area (Å²) in [5, 5.41) is 9.75. The maximum absolute atomic E-state index is 12.9. The van der Waals surface area contributed by atoms with E-state index in [1.807, 2.05) is 21.1 Å². The fourth-order valence-electron chi connectivity index (χ4n) is 8.89. The topological polar surface area (TPSA) is 108 Å². The van der Waals surface area contributed by atoms with E-state index in [0.29, 0.717) is 17.4 Å². The highest BCUT2D eigenvalue weighted by Gasteiger charge is 2.25. The van der Waals surface area contributed by atoms with E-state index in [4.69, 9.17) is 18.9 Å². The number of esters is 2. The summed E-state index contributed by atoms with van der Waals surface area (Å²) in [5.41, 5.74) is 0. The maximum atomic E-state index is 12.9.